The molecule has 17 heteroatoms. The summed E-state index contributed by atoms with van der Waals surface area (Å²) in [7, 11) is 9.64. The first-order valence-electron chi connectivity index (χ1n) is 17.7. The zero-order valence-corrected chi connectivity index (χ0v) is 37.5. The number of hydrogen-bond donors (Lipinski definition) is 2. The van der Waals surface area contributed by atoms with Crippen LogP contribution in [0.15, 0.2) is 59.4 Å². The van der Waals surface area contributed by atoms with Gasteiger partial charge in [-0.05, 0) is 74.2 Å². The molecule has 3 N–H and O–H groups in total. The van der Waals surface area contributed by atoms with Gasteiger partial charge in [-0.1, -0.05) is 69.6 Å². The minimum atomic E-state index is -0.0364. The van der Waals surface area contributed by atoms with Crippen LogP contribution in [0.1, 0.15) is 24.2 Å². The third-order valence-corrected chi connectivity index (χ3v) is 10.1. The van der Waals surface area contributed by atoms with Crippen molar-refractivity contribution in [1.29, 1.82) is 0 Å². The lowest BCUT2D eigenvalue weighted by molar-refractivity contribution is 0.195. The Bertz CT molecular complexity index is 2310. The summed E-state index contributed by atoms with van der Waals surface area (Å²) in [6.45, 7) is 2.64. The molecule has 0 radical (unpaired) electrons. The van der Waals surface area contributed by atoms with Crippen LogP contribution in [0, 0.1) is 0 Å². The Labute approximate surface area is 367 Å². The van der Waals surface area contributed by atoms with Crippen molar-refractivity contribution in [1.82, 2.24) is 15.0 Å². The van der Waals surface area contributed by atoms with Crippen LogP contribution < -0.4 is 25.4 Å². The van der Waals surface area contributed by atoms with Gasteiger partial charge in [-0.3, -0.25) is 9.78 Å². The summed E-state index contributed by atoms with van der Waals surface area (Å²) in [6, 6.07) is 15.7. The second-order valence-corrected chi connectivity index (χ2v) is 14.5. The van der Waals surface area contributed by atoms with Crippen LogP contribution in [0.25, 0.3) is 32.7 Å². The van der Waals surface area contributed by atoms with E-state index in [-0.39, 0.29) is 5.43 Å². The number of hydrogen-bond acceptors (Lipinski definition) is 10. The minimum Gasteiger partial charge on any atom is -0.495 e. The molecule has 0 fully saturated rings. The molecule has 0 saturated heterocycles. The predicted molar refractivity (Wildman–Crippen MR) is 239 cm³/mol. The first kappa shape index (κ1) is 49.0. The zero-order chi connectivity index (χ0) is 42.8. The van der Waals surface area contributed by atoms with Crippen LogP contribution in [-0.2, 0) is 27.1 Å². The van der Waals surface area contributed by atoms with Crippen LogP contribution in [0.4, 0.5) is 0 Å². The molecule has 0 atom stereocenters. The smallest absolute Gasteiger partial charge is 0.189 e. The lowest BCUT2D eigenvalue weighted by Gasteiger charge is -2.09. The van der Waals surface area contributed by atoms with Crippen molar-refractivity contribution < 1.29 is 28.4 Å². The van der Waals surface area contributed by atoms with Gasteiger partial charge in [0.1, 0.15) is 37.5 Å². The molecule has 0 bridgehead atoms. The third kappa shape index (κ3) is 13.6. The van der Waals surface area contributed by atoms with Crippen molar-refractivity contribution in [2.45, 2.75) is 25.7 Å². The molecule has 3 heterocycles. The minimum absolute atomic E-state index is 0.0364. The molecule has 0 saturated carbocycles. The normalized spacial score (nSPS) is 10.6. The molecule has 0 amide bonds. The number of H-pyrrole nitrogens is 1. The van der Waals surface area contributed by atoms with E-state index >= 15 is 0 Å². The molecular formula is C41H46Cl6N4O7. The Kier molecular flexibility index (Phi) is 21.4. The van der Waals surface area contributed by atoms with Gasteiger partial charge in [-0.25, -0.2) is 4.98 Å². The van der Waals surface area contributed by atoms with E-state index in [1.165, 1.54) is 0 Å². The molecule has 6 aromatic rings. The highest BCUT2D eigenvalue weighted by Crippen LogP contribution is 2.37. The van der Waals surface area contributed by atoms with Gasteiger partial charge in [-0.2, -0.15) is 0 Å². The average molecular weight is 920 g/mol. The number of aromatic amines is 1. The van der Waals surface area contributed by atoms with Crippen molar-refractivity contribution in [2.75, 3.05) is 69.0 Å². The van der Waals surface area contributed by atoms with E-state index in [1.54, 1.807) is 85.1 Å². The van der Waals surface area contributed by atoms with Crippen LogP contribution >= 0.6 is 69.6 Å². The summed E-state index contributed by atoms with van der Waals surface area (Å²) >= 11 is 36.7. The predicted octanol–water partition coefficient (Wildman–Crippen LogP) is 10.7. The topological polar surface area (TPSA) is 140 Å². The number of halogens is 6. The van der Waals surface area contributed by atoms with E-state index in [0.717, 1.165) is 47.8 Å². The molecular weight excluding hydrogens is 873 g/mol. The molecule has 0 spiro atoms. The standard InChI is InChI=1S/C14H15Cl2NO2.C14H16ClNO3.C10H6Cl3NO.C3H9NO/c1-18-7-3-4-9-8-11(15)10-5-6-12(19-2)13(16)14(10)17-9;1-18-7-3-4-9-8-11(17)10-5-6-12(19-2)13(15)14(10)16-9;1-15-7-3-2-5-6(11)4-8(12)14-10(5)9(7)13;1-5-3-2-4/h5-6,8H,3-4,7H2,1-2H3;5-6,8H,3-4,7H2,1-2H3,(H,16,17);2-4H,1H3;2-4H2,1H3. The summed E-state index contributed by atoms with van der Waals surface area (Å²) in [4.78, 5) is 23.9. The Balaban J connectivity index is 0.000000221. The Morgan fingerprint density at radius 2 is 1.07 bits per heavy atom. The molecule has 3 aromatic heterocycles. The Morgan fingerprint density at radius 3 is 1.57 bits per heavy atom. The number of ether oxygens (including phenoxy) is 6. The number of nitrogens with zero attached hydrogens (tertiary/aromatic N) is 2. The number of fused-ring (bicyclic) bond motifs is 3. The lowest BCUT2D eigenvalue weighted by Crippen LogP contribution is -2.06. The van der Waals surface area contributed by atoms with E-state index in [0.29, 0.717) is 95.8 Å². The first-order chi connectivity index (χ1) is 27.9. The number of methoxy groups -OCH3 is 6. The van der Waals surface area contributed by atoms with Gasteiger partial charge in [-0.15, -0.1) is 0 Å². The number of benzene rings is 3. The zero-order valence-electron chi connectivity index (χ0n) is 33.0. The van der Waals surface area contributed by atoms with Crippen molar-refractivity contribution >= 4 is 102 Å². The largest absolute Gasteiger partial charge is 0.495 e. The van der Waals surface area contributed by atoms with Crippen molar-refractivity contribution in [3.63, 3.8) is 0 Å². The average Bonchev–Trinajstić information content (AvgIpc) is 3.20. The molecule has 58 heavy (non-hydrogen) atoms. The monoisotopic (exact) mass is 916 g/mol. The summed E-state index contributed by atoms with van der Waals surface area (Å²) in [5.41, 5.74) is 8.59. The molecule has 314 valence electrons. The van der Waals surface area contributed by atoms with Gasteiger partial charge in [0.2, 0.25) is 0 Å². The van der Waals surface area contributed by atoms with Crippen LogP contribution in [0.2, 0.25) is 30.3 Å². The second-order valence-electron chi connectivity index (χ2n) is 12.1. The van der Waals surface area contributed by atoms with E-state index in [1.807, 2.05) is 12.1 Å². The van der Waals surface area contributed by atoms with E-state index < -0.39 is 0 Å². The first-order valence-corrected chi connectivity index (χ1v) is 20.0. The number of pyridine rings is 3. The maximum Gasteiger partial charge on any atom is 0.189 e. The second kappa shape index (κ2) is 25.3. The fraction of sp³-hybridized carbons (Fsp3) is 0.341. The lowest BCUT2D eigenvalue weighted by atomic mass is 10.1. The van der Waals surface area contributed by atoms with Crippen LogP contribution in [0.5, 0.6) is 17.2 Å². The highest BCUT2D eigenvalue weighted by atomic mass is 35.5. The van der Waals surface area contributed by atoms with Gasteiger partial charge in [0, 0.05) is 74.7 Å². The number of nitrogens with one attached hydrogen (secondary N) is 1. The maximum absolute atomic E-state index is 12.0. The SMILES string of the molecule is COCCCc1cc(=O)c2ccc(OC)c(Cl)c2[nH]1.COCCCc1cc(Cl)c2ccc(OC)c(Cl)c2n1.COCCN.COc1ccc2c(Cl)cc(Cl)nc2c1Cl. The maximum atomic E-state index is 12.0. The van der Waals surface area contributed by atoms with E-state index in [2.05, 4.69) is 19.7 Å². The molecule has 6 rings (SSSR count). The summed E-state index contributed by atoms with van der Waals surface area (Å²) < 4.78 is 30.0. The summed E-state index contributed by atoms with van der Waals surface area (Å²) in [5, 5.41) is 5.00. The van der Waals surface area contributed by atoms with Crippen molar-refractivity contribution in [2.24, 2.45) is 5.73 Å². The number of nitrogens with two attached hydrogens (primary N) is 1. The summed E-state index contributed by atoms with van der Waals surface area (Å²) in [6.07, 6.45) is 3.29. The fourth-order valence-corrected chi connectivity index (χ4v) is 7.03. The molecule has 0 aliphatic heterocycles. The van der Waals surface area contributed by atoms with Gasteiger partial charge in [0.25, 0.3) is 0 Å². The Morgan fingerprint density at radius 1 is 0.586 bits per heavy atom. The third-order valence-electron chi connectivity index (χ3n) is 8.21. The number of aryl methyl sites for hydroxylation is 2. The van der Waals surface area contributed by atoms with Crippen LogP contribution in [-0.4, -0.2) is 84.0 Å². The molecule has 0 aliphatic carbocycles. The van der Waals surface area contributed by atoms with Crippen LogP contribution in [0.3, 0.4) is 0 Å². The highest BCUT2D eigenvalue weighted by molar-refractivity contribution is 6.42. The quantitative estimate of drug-likeness (QED) is 0.0850. The molecule has 0 aliphatic rings. The molecule has 11 nitrogen and oxygen atoms in total. The number of rotatable bonds is 13. The summed E-state index contributed by atoms with van der Waals surface area (Å²) in [5.74, 6) is 1.71. The van der Waals surface area contributed by atoms with Gasteiger partial charge >= 0.3 is 0 Å². The fourth-order valence-electron chi connectivity index (χ4n) is 5.39. The van der Waals surface area contributed by atoms with Gasteiger partial charge in [0.05, 0.1) is 54.5 Å². The van der Waals surface area contributed by atoms with Crippen molar-refractivity contribution in [3.8, 4) is 17.2 Å². The molecule has 3 aromatic carbocycles. The van der Waals surface area contributed by atoms with E-state index in [4.69, 9.17) is 99.0 Å². The van der Waals surface area contributed by atoms with Gasteiger partial charge < -0.3 is 39.1 Å². The van der Waals surface area contributed by atoms with Crippen molar-refractivity contribution in [3.05, 3.63) is 106 Å². The molecule has 0 unspecified atom stereocenters. The Hall–Kier alpha value is -3.33. The van der Waals surface area contributed by atoms with E-state index in [9.17, 15) is 4.79 Å². The van der Waals surface area contributed by atoms with Gasteiger partial charge in [0.15, 0.2) is 5.43 Å². The highest BCUT2D eigenvalue weighted by Gasteiger charge is 2.13. The number of aromatic nitrogens is 3.